The Morgan fingerprint density at radius 1 is 1.50 bits per heavy atom. The van der Waals surface area contributed by atoms with Crippen molar-refractivity contribution in [3.8, 4) is 0 Å². The van der Waals surface area contributed by atoms with E-state index in [1.807, 2.05) is 0 Å². The molecule has 0 rings (SSSR count). The second-order valence-electron chi connectivity index (χ2n) is 2.76. The number of carbonyl (C=O) groups excluding carboxylic acids is 1. The number of esters is 1. The molecule has 0 bridgehead atoms. The van der Waals surface area contributed by atoms with Crippen LogP contribution in [0.4, 0.5) is 0 Å². The maximum Gasteiger partial charge on any atom is 0.322 e. The average Bonchev–Trinajstić information content (AvgIpc) is 2.13. The highest BCUT2D eigenvalue weighted by atomic mass is 32.2. The van der Waals surface area contributed by atoms with E-state index in [-0.39, 0.29) is 0 Å². The molecule has 0 atom stereocenters. The first-order valence-corrected chi connectivity index (χ1v) is 5.70. The lowest BCUT2D eigenvalue weighted by atomic mass is 10.6. The standard InChI is InChI=1S/C7H16N2O4S/c1-8-4-5-9(2)14(11,12)6-7(10)13-3/h8H,4-6H2,1-3H3. The normalized spacial score (nSPS) is 11.7. The molecule has 6 nitrogen and oxygen atoms in total. The van der Waals surface area contributed by atoms with Gasteiger partial charge in [0, 0.05) is 20.1 Å². The summed E-state index contributed by atoms with van der Waals surface area (Å²) >= 11 is 0. The molecule has 0 spiro atoms. The minimum atomic E-state index is -3.53. The quantitative estimate of drug-likeness (QED) is 0.564. The topological polar surface area (TPSA) is 75.7 Å². The van der Waals surface area contributed by atoms with Crippen LogP contribution in [0.2, 0.25) is 0 Å². The van der Waals surface area contributed by atoms with Gasteiger partial charge in [-0.05, 0) is 7.05 Å². The van der Waals surface area contributed by atoms with Gasteiger partial charge in [-0.3, -0.25) is 4.79 Å². The molecular formula is C7H16N2O4S. The molecule has 0 saturated heterocycles. The van der Waals surface area contributed by atoms with Crippen molar-refractivity contribution in [2.24, 2.45) is 0 Å². The number of nitrogens with one attached hydrogen (secondary N) is 1. The molecule has 0 amide bonds. The van der Waals surface area contributed by atoms with Crippen molar-refractivity contribution >= 4 is 16.0 Å². The summed E-state index contributed by atoms with van der Waals surface area (Å²) in [5.74, 6) is -1.36. The van der Waals surface area contributed by atoms with Gasteiger partial charge in [0.25, 0.3) is 0 Å². The van der Waals surface area contributed by atoms with E-state index in [0.29, 0.717) is 13.1 Å². The second kappa shape index (κ2) is 5.94. The molecule has 0 aliphatic rings. The minimum absolute atomic E-state index is 0.329. The van der Waals surface area contributed by atoms with Gasteiger partial charge in [0.05, 0.1) is 7.11 Å². The van der Waals surface area contributed by atoms with Gasteiger partial charge in [0.1, 0.15) is 0 Å². The Bertz CT molecular complexity index is 275. The molecule has 0 aliphatic heterocycles. The largest absolute Gasteiger partial charge is 0.468 e. The summed E-state index contributed by atoms with van der Waals surface area (Å²) in [6.07, 6.45) is 0. The number of hydrogen-bond donors (Lipinski definition) is 1. The van der Waals surface area contributed by atoms with E-state index >= 15 is 0 Å². The monoisotopic (exact) mass is 224 g/mol. The number of methoxy groups -OCH3 is 1. The molecule has 7 heteroatoms. The van der Waals surface area contributed by atoms with Gasteiger partial charge in [0.2, 0.25) is 10.0 Å². The molecule has 0 fully saturated rings. The summed E-state index contributed by atoms with van der Waals surface area (Å²) in [7, 11) is 0.782. The van der Waals surface area contributed by atoms with Crippen LogP contribution in [0.15, 0.2) is 0 Å². The van der Waals surface area contributed by atoms with Crippen molar-refractivity contribution in [3.05, 3.63) is 0 Å². The highest BCUT2D eigenvalue weighted by Crippen LogP contribution is 1.97. The molecular weight excluding hydrogens is 208 g/mol. The van der Waals surface area contributed by atoms with Crippen molar-refractivity contribution in [1.82, 2.24) is 9.62 Å². The first-order chi connectivity index (χ1) is 6.44. The van der Waals surface area contributed by atoms with E-state index < -0.39 is 21.7 Å². The van der Waals surface area contributed by atoms with Gasteiger partial charge in [-0.25, -0.2) is 12.7 Å². The molecule has 0 aromatic heterocycles. The van der Waals surface area contributed by atoms with Gasteiger partial charge in [-0.2, -0.15) is 0 Å². The lowest BCUT2D eigenvalue weighted by molar-refractivity contribution is -0.137. The third-order valence-corrected chi connectivity index (χ3v) is 3.41. The molecule has 14 heavy (non-hydrogen) atoms. The number of hydrogen-bond acceptors (Lipinski definition) is 5. The van der Waals surface area contributed by atoms with E-state index in [4.69, 9.17) is 0 Å². The van der Waals surface area contributed by atoms with Gasteiger partial charge in [-0.15, -0.1) is 0 Å². The Morgan fingerprint density at radius 2 is 2.07 bits per heavy atom. The molecule has 0 aliphatic carbocycles. The van der Waals surface area contributed by atoms with E-state index in [9.17, 15) is 13.2 Å². The number of nitrogens with zero attached hydrogens (tertiary/aromatic N) is 1. The van der Waals surface area contributed by atoms with Gasteiger partial charge in [0.15, 0.2) is 5.75 Å². The molecule has 0 heterocycles. The van der Waals surface area contributed by atoms with Crippen molar-refractivity contribution in [2.75, 3.05) is 40.0 Å². The fourth-order valence-corrected chi connectivity index (χ4v) is 1.73. The first kappa shape index (κ1) is 13.3. The first-order valence-electron chi connectivity index (χ1n) is 4.09. The summed E-state index contributed by atoms with van der Waals surface area (Å²) in [5.41, 5.74) is 0. The Kier molecular flexibility index (Phi) is 5.66. The summed E-state index contributed by atoms with van der Waals surface area (Å²) in [5, 5.41) is 2.82. The average molecular weight is 224 g/mol. The molecule has 0 radical (unpaired) electrons. The van der Waals surface area contributed by atoms with E-state index in [1.165, 1.54) is 7.05 Å². The zero-order chi connectivity index (χ0) is 11.2. The van der Waals surface area contributed by atoms with Crippen molar-refractivity contribution in [1.29, 1.82) is 0 Å². The number of sulfonamides is 1. The molecule has 84 valence electrons. The van der Waals surface area contributed by atoms with Crippen LogP contribution < -0.4 is 5.32 Å². The van der Waals surface area contributed by atoms with Gasteiger partial charge in [-0.1, -0.05) is 0 Å². The summed E-state index contributed by atoms with van der Waals surface area (Å²) in [6, 6.07) is 0. The van der Waals surface area contributed by atoms with Crippen LogP contribution in [0, 0.1) is 0 Å². The smallest absolute Gasteiger partial charge is 0.322 e. The Labute approximate surface area is 84.3 Å². The van der Waals surface area contributed by atoms with Crippen LogP contribution >= 0.6 is 0 Å². The van der Waals surface area contributed by atoms with Crippen LogP contribution in [0.5, 0.6) is 0 Å². The lowest BCUT2D eigenvalue weighted by Gasteiger charge is -2.15. The molecule has 0 unspecified atom stereocenters. The maximum atomic E-state index is 11.4. The number of ether oxygens (including phenoxy) is 1. The van der Waals surface area contributed by atoms with E-state index in [2.05, 4.69) is 10.1 Å². The minimum Gasteiger partial charge on any atom is -0.468 e. The summed E-state index contributed by atoms with van der Waals surface area (Å²) in [4.78, 5) is 10.8. The third-order valence-electron chi connectivity index (χ3n) is 1.68. The molecule has 1 N–H and O–H groups in total. The number of rotatable bonds is 6. The van der Waals surface area contributed by atoms with Crippen LogP contribution in [-0.4, -0.2) is 58.7 Å². The Balaban J connectivity index is 4.24. The van der Waals surface area contributed by atoms with Crippen LogP contribution in [0.3, 0.4) is 0 Å². The Morgan fingerprint density at radius 3 is 2.50 bits per heavy atom. The Hall–Kier alpha value is -0.660. The van der Waals surface area contributed by atoms with Crippen LogP contribution in [-0.2, 0) is 19.6 Å². The predicted octanol–water partition coefficient (Wildman–Crippen LogP) is -1.36. The van der Waals surface area contributed by atoms with Crippen LogP contribution in [0.25, 0.3) is 0 Å². The van der Waals surface area contributed by atoms with Gasteiger partial charge >= 0.3 is 5.97 Å². The fourth-order valence-electron chi connectivity index (χ4n) is 0.726. The second-order valence-corrected chi connectivity index (χ2v) is 4.83. The summed E-state index contributed by atoms with van der Waals surface area (Å²) < 4.78 is 28.2. The maximum absolute atomic E-state index is 11.4. The summed E-state index contributed by atoms with van der Waals surface area (Å²) in [6.45, 7) is 0.868. The molecule has 0 saturated carbocycles. The lowest BCUT2D eigenvalue weighted by Crippen LogP contribution is -2.36. The van der Waals surface area contributed by atoms with Crippen molar-refractivity contribution in [2.45, 2.75) is 0 Å². The zero-order valence-corrected chi connectivity index (χ0v) is 9.43. The molecule has 0 aromatic rings. The highest BCUT2D eigenvalue weighted by Gasteiger charge is 2.21. The van der Waals surface area contributed by atoms with E-state index in [1.54, 1.807) is 7.05 Å². The van der Waals surface area contributed by atoms with Gasteiger partial charge < -0.3 is 10.1 Å². The van der Waals surface area contributed by atoms with Crippen molar-refractivity contribution in [3.63, 3.8) is 0 Å². The zero-order valence-electron chi connectivity index (χ0n) is 8.61. The number of likely N-dealkylation sites (N-methyl/N-ethyl adjacent to an activating group) is 2. The third kappa shape index (κ3) is 4.54. The SMILES string of the molecule is CNCCN(C)S(=O)(=O)CC(=O)OC. The highest BCUT2D eigenvalue weighted by molar-refractivity contribution is 7.89. The molecule has 0 aromatic carbocycles. The predicted molar refractivity (Wildman–Crippen MR) is 52.4 cm³/mol. The van der Waals surface area contributed by atoms with Crippen LogP contribution in [0.1, 0.15) is 0 Å². The van der Waals surface area contributed by atoms with E-state index in [0.717, 1.165) is 11.4 Å². The fraction of sp³-hybridized carbons (Fsp3) is 0.857. The number of carbonyl (C=O) groups is 1. The van der Waals surface area contributed by atoms with Crippen molar-refractivity contribution < 1.29 is 17.9 Å².